The summed E-state index contributed by atoms with van der Waals surface area (Å²) in [7, 11) is 2.06. The number of carbonyl (C=O) groups is 1. The first-order valence-corrected chi connectivity index (χ1v) is 7.77. The molecule has 1 heterocycles. The Morgan fingerprint density at radius 2 is 1.90 bits per heavy atom. The van der Waals surface area contributed by atoms with E-state index < -0.39 is 0 Å². The fourth-order valence-electron chi connectivity index (χ4n) is 2.35. The smallest absolute Gasteiger partial charge is 0.186 e. The first kappa shape index (κ1) is 14.7. The van der Waals surface area contributed by atoms with E-state index in [9.17, 15) is 4.79 Å². The van der Waals surface area contributed by atoms with Gasteiger partial charge in [0, 0.05) is 18.7 Å². The van der Waals surface area contributed by atoms with Gasteiger partial charge in [-0.15, -0.1) is 0 Å². The first-order valence-electron chi connectivity index (χ1n) is 6.95. The zero-order chi connectivity index (χ0) is 14.5. The standard InChI is InChI=1S/C16H20N2OS/c1-4-13(5-2)18(3)16-17-15(14(11-19)20-16)12-9-7-6-8-10-12/h6-11,13H,4-5H2,1-3H3. The molecule has 0 atom stereocenters. The molecule has 20 heavy (non-hydrogen) atoms. The minimum Gasteiger partial charge on any atom is -0.348 e. The highest BCUT2D eigenvalue weighted by atomic mass is 32.1. The Labute approximate surface area is 124 Å². The number of nitrogens with zero attached hydrogens (tertiary/aromatic N) is 2. The Morgan fingerprint density at radius 3 is 2.45 bits per heavy atom. The van der Waals surface area contributed by atoms with Crippen LogP contribution in [-0.2, 0) is 0 Å². The van der Waals surface area contributed by atoms with Crippen LogP contribution in [0.1, 0.15) is 36.4 Å². The molecule has 0 saturated carbocycles. The van der Waals surface area contributed by atoms with Gasteiger partial charge in [0.2, 0.25) is 0 Å². The van der Waals surface area contributed by atoms with Crippen molar-refractivity contribution < 1.29 is 4.79 Å². The van der Waals surface area contributed by atoms with Gasteiger partial charge in [-0.05, 0) is 12.8 Å². The van der Waals surface area contributed by atoms with Crippen LogP contribution >= 0.6 is 11.3 Å². The number of aldehydes is 1. The maximum atomic E-state index is 11.3. The third-order valence-corrected chi connectivity index (χ3v) is 4.66. The second-order valence-corrected chi connectivity index (χ2v) is 5.78. The maximum absolute atomic E-state index is 11.3. The molecular formula is C16H20N2OS. The number of carbonyl (C=O) groups excluding carboxylic acids is 1. The average Bonchev–Trinajstić information content (AvgIpc) is 2.93. The molecule has 106 valence electrons. The fraction of sp³-hybridized carbons (Fsp3) is 0.375. The van der Waals surface area contributed by atoms with Gasteiger partial charge in [-0.1, -0.05) is 55.5 Å². The van der Waals surface area contributed by atoms with E-state index in [4.69, 9.17) is 0 Å². The zero-order valence-electron chi connectivity index (χ0n) is 12.2. The van der Waals surface area contributed by atoms with E-state index in [2.05, 4.69) is 30.8 Å². The molecule has 0 fully saturated rings. The topological polar surface area (TPSA) is 33.2 Å². The number of thiazole rings is 1. The molecule has 0 aliphatic heterocycles. The van der Waals surface area contributed by atoms with Crippen molar-refractivity contribution in [3.05, 3.63) is 35.2 Å². The molecule has 3 nitrogen and oxygen atoms in total. The lowest BCUT2D eigenvalue weighted by molar-refractivity contribution is 0.112. The van der Waals surface area contributed by atoms with E-state index in [0.29, 0.717) is 10.9 Å². The highest BCUT2D eigenvalue weighted by molar-refractivity contribution is 7.17. The van der Waals surface area contributed by atoms with E-state index in [0.717, 1.165) is 35.5 Å². The number of aromatic nitrogens is 1. The van der Waals surface area contributed by atoms with Crippen LogP contribution in [-0.4, -0.2) is 24.4 Å². The van der Waals surface area contributed by atoms with Gasteiger partial charge < -0.3 is 4.90 Å². The van der Waals surface area contributed by atoms with E-state index in [1.807, 2.05) is 30.3 Å². The minimum atomic E-state index is 0.462. The molecule has 2 rings (SSSR count). The quantitative estimate of drug-likeness (QED) is 0.745. The molecule has 0 spiro atoms. The Morgan fingerprint density at radius 1 is 1.25 bits per heavy atom. The number of anilines is 1. The van der Waals surface area contributed by atoms with Crippen LogP contribution in [0.15, 0.2) is 30.3 Å². The van der Waals surface area contributed by atoms with Crippen molar-refractivity contribution in [2.24, 2.45) is 0 Å². The molecule has 1 aromatic carbocycles. The maximum Gasteiger partial charge on any atom is 0.186 e. The molecule has 0 saturated heterocycles. The molecule has 0 N–H and O–H groups in total. The molecule has 1 aromatic heterocycles. The van der Waals surface area contributed by atoms with Gasteiger partial charge >= 0.3 is 0 Å². The fourth-order valence-corrected chi connectivity index (χ4v) is 3.28. The van der Waals surface area contributed by atoms with Crippen LogP contribution in [0.4, 0.5) is 5.13 Å². The summed E-state index contributed by atoms with van der Waals surface area (Å²) in [5.41, 5.74) is 1.79. The van der Waals surface area contributed by atoms with Gasteiger partial charge in [0.15, 0.2) is 11.4 Å². The van der Waals surface area contributed by atoms with Crippen LogP contribution in [0.5, 0.6) is 0 Å². The van der Waals surface area contributed by atoms with E-state index in [1.54, 1.807) is 0 Å². The number of hydrogen-bond donors (Lipinski definition) is 0. The van der Waals surface area contributed by atoms with Crippen LogP contribution in [0.3, 0.4) is 0 Å². The van der Waals surface area contributed by atoms with Crippen molar-refractivity contribution in [3.8, 4) is 11.3 Å². The molecule has 0 aliphatic carbocycles. The molecule has 0 amide bonds. The van der Waals surface area contributed by atoms with Gasteiger partial charge in [-0.2, -0.15) is 0 Å². The van der Waals surface area contributed by atoms with Crippen LogP contribution in [0.25, 0.3) is 11.3 Å². The Balaban J connectivity index is 2.39. The summed E-state index contributed by atoms with van der Waals surface area (Å²) >= 11 is 1.47. The van der Waals surface area contributed by atoms with Crippen LogP contribution < -0.4 is 4.90 Å². The van der Waals surface area contributed by atoms with Crippen molar-refractivity contribution in [3.63, 3.8) is 0 Å². The lowest BCUT2D eigenvalue weighted by Gasteiger charge is -2.25. The predicted molar refractivity (Wildman–Crippen MR) is 85.7 cm³/mol. The summed E-state index contributed by atoms with van der Waals surface area (Å²) in [6.07, 6.45) is 3.05. The number of hydrogen-bond acceptors (Lipinski definition) is 4. The summed E-state index contributed by atoms with van der Waals surface area (Å²) < 4.78 is 0. The summed E-state index contributed by atoms with van der Waals surface area (Å²) in [6.45, 7) is 4.36. The summed E-state index contributed by atoms with van der Waals surface area (Å²) in [4.78, 5) is 18.9. The van der Waals surface area contributed by atoms with Crippen LogP contribution in [0, 0.1) is 0 Å². The molecule has 0 radical (unpaired) electrons. The number of rotatable bonds is 6. The average molecular weight is 288 g/mol. The summed E-state index contributed by atoms with van der Waals surface area (Å²) in [5.74, 6) is 0. The second-order valence-electron chi connectivity index (χ2n) is 4.77. The van der Waals surface area contributed by atoms with E-state index in [-0.39, 0.29) is 0 Å². The normalized spacial score (nSPS) is 10.8. The second kappa shape index (κ2) is 6.66. The molecule has 2 aromatic rings. The molecule has 0 bridgehead atoms. The molecule has 4 heteroatoms. The molecule has 0 unspecified atom stereocenters. The Kier molecular flexibility index (Phi) is 4.90. The number of benzene rings is 1. The monoisotopic (exact) mass is 288 g/mol. The summed E-state index contributed by atoms with van der Waals surface area (Å²) in [5, 5.41) is 0.916. The Bertz CT molecular complexity index is 561. The highest BCUT2D eigenvalue weighted by Crippen LogP contribution is 2.32. The van der Waals surface area contributed by atoms with Crippen molar-refractivity contribution in [2.75, 3.05) is 11.9 Å². The highest BCUT2D eigenvalue weighted by Gasteiger charge is 2.18. The van der Waals surface area contributed by atoms with E-state index in [1.165, 1.54) is 11.3 Å². The largest absolute Gasteiger partial charge is 0.348 e. The third kappa shape index (κ3) is 2.90. The lowest BCUT2D eigenvalue weighted by atomic mass is 10.1. The van der Waals surface area contributed by atoms with Gasteiger partial charge in [-0.3, -0.25) is 4.79 Å². The lowest BCUT2D eigenvalue weighted by Crippen LogP contribution is -2.30. The molecular weight excluding hydrogens is 268 g/mol. The van der Waals surface area contributed by atoms with Crippen molar-refractivity contribution in [1.82, 2.24) is 4.98 Å². The SMILES string of the molecule is CCC(CC)N(C)c1nc(-c2ccccc2)c(C=O)s1. The summed E-state index contributed by atoms with van der Waals surface area (Å²) in [6, 6.07) is 10.3. The van der Waals surface area contributed by atoms with Gasteiger partial charge in [-0.25, -0.2) is 4.98 Å². The minimum absolute atomic E-state index is 0.462. The predicted octanol–water partition coefficient (Wildman–Crippen LogP) is 4.25. The first-order chi connectivity index (χ1) is 9.71. The van der Waals surface area contributed by atoms with Gasteiger partial charge in [0.05, 0.1) is 10.6 Å². The Hall–Kier alpha value is -1.68. The van der Waals surface area contributed by atoms with Crippen molar-refractivity contribution >= 4 is 22.8 Å². The van der Waals surface area contributed by atoms with E-state index >= 15 is 0 Å². The van der Waals surface area contributed by atoms with Gasteiger partial charge in [0.1, 0.15) is 0 Å². The zero-order valence-corrected chi connectivity index (χ0v) is 13.0. The van der Waals surface area contributed by atoms with Crippen LogP contribution in [0.2, 0.25) is 0 Å². The molecule has 0 aliphatic rings. The van der Waals surface area contributed by atoms with Gasteiger partial charge in [0.25, 0.3) is 0 Å². The van der Waals surface area contributed by atoms with Crippen molar-refractivity contribution in [1.29, 1.82) is 0 Å². The third-order valence-electron chi connectivity index (χ3n) is 3.59. The van der Waals surface area contributed by atoms with Crippen molar-refractivity contribution in [2.45, 2.75) is 32.7 Å².